The van der Waals surface area contributed by atoms with E-state index in [4.69, 9.17) is 9.47 Å². The van der Waals surface area contributed by atoms with Crippen molar-refractivity contribution in [2.75, 3.05) is 6.54 Å². The van der Waals surface area contributed by atoms with E-state index in [1.165, 1.54) is 0 Å². The Morgan fingerprint density at radius 3 is 2.35 bits per heavy atom. The smallest absolute Gasteiger partial charge is 0.407 e. The van der Waals surface area contributed by atoms with Crippen molar-refractivity contribution in [3.8, 4) is 0 Å². The zero-order chi connectivity index (χ0) is 19.6. The molecule has 26 heavy (non-hydrogen) atoms. The van der Waals surface area contributed by atoms with Gasteiger partial charge in [-0.25, -0.2) is 9.59 Å². The second-order valence-corrected chi connectivity index (χ2v) is 6.86. The van der Waals surface area contributed by atoms with Crippen molar-refractivity contribution < 1.29 is 23.9 Å². The standard InChI is InChI=1S/C19H28N2O5/c1-5-9-15(17(23)26-19(2,3)4)21-16(22)12-20-18(24)25-13-14-10-7-6-8-11-14/h6-8,10-11,15H,5,9,12-13H2,1-4H3,(H,20,24)(H,21,22). The van der Waals surface area contributed by atoms with Crippen LogP contribution in [0.5, 0.6) is 0 Å². The molecule has 0 saturated heterocycles. The van der Waals surface area contributed by atoms with E-state index in [9.17, 15) is 14.4 Å². The van der Waals surface area contributed by atoms with E-state index in [1.54, 1.807) is 20.8 Å². The Kier molecular flexibility index (Phi) is 8.61. The van der Waals surface area contributed by atoms with Gasteiger partial charge in [0.2, 0.25) is 5.91 Å². The lowest BCUT2D eigenvalue weighted by molar-refractivity contribution is -0.158. The van der Waals surface area contributed by atoms with Gasteiger partial charge in [0.05, 0.1) is 0 Å². The highest BCUT2D eigenvalue weighted by molar-refractivity contribution is 5.87. The molecule has 0 aromatic heterocycles. The lowest BCUT2D eigenvalue weighted by Gasteiger charge is -2.24. The number of ether oxygens (including phenoxy) is 2. The van der Waals surface area contributed by atoms with Gasteiger partial charge in [0.25, 0.3) is 0 Å². The van der Waals surface area contributed by atoms with Crippen molar-refractivity contribution in [2.24, 2.45) is 0 Å². The number of carbonyl (C=O) groups excluding carboxylic acids is 3. The number of rotatable bonds is 8. The van der Waals surface area contributed by atoms with Gasteiger partial charge in [0, 0.05) is 0 Å². The molecule has 144 valence electrons. The van der Waals surface area contributed by atoms with Gasteiger partial charge in [-0.2, -0.15) is 0 Å². The molecule has 7 nitrogen and oxygen atoms in total. The average molecular weight is 364 g/mol. The molecule has 1 aromatic carbocycles. The maximum atomic E-state index is 12.1. The molecule has 0 fully saturated rings. The largest absolute Gasteiger partial charge is 0.458 e. The van der Waals surface area contributed by atoms with E-state index >= 15 is 0 Å². The molecule has 0 radical (unpaired) electrons. The summed E-state index contributed by atoms with van der Waals surface area (Å²) in [4.78, 5) is 35.8. The summed E-state index contributed by atoms with van der Waals surface area (Å²) in [6, 6.07) is 8.47. The molecule has 0 aliphatic rings. The zero-order valence-corrected chi connectivity index (χ0v) is 15.8. The Morgan fingerprint density at radius 1 is 1.12 bits per heavy atom. The molecule has 0 bridgehead atoms. The molecule has 1 rings (SSSR count). The molecule has 0 aliphatic heterocycles. The number of alkyl carbamates (subject to hydrolysis) is 1. The van der Waals surface area contributed by atoms with Gasteiger partial charge >= 0.3 is 12.1 Å². The molecule has 1 unspecified atom stereocenters. The van der Waals surface area contributed by atoms with E-state index in [0.717, 1.165) is 5.56 Å². The molecule has 2 amide bonds. The Balaban J connectivity index is 2.40. The third-order valence-electron chi connectivity index (χ3n) is 3.21. The summed E-state index contributed by atoms with van der Waals surface area (Å²) in [5.41, 5.74) is 0.216. The highest BCUT2D eigenvalue weighted by Crippen LogP contribution is 2.10. The third-order valence-corrected chi connectivity index (χ3v) is 3.21. The molecule has 0 spiro atoms. The fourth-order valence-corrected chi connectivity index (χ4v) is 2.08. The Bertz CT molecular complexity index is 596. The molecule has 2 N–H and O–H groups in total. The first-order valence-corrected chi connectivity index (χ1v) is 8.68. The fraction of sp³-hybridized carbons (Fsp3) is 0.526. The molecule has 1 aromatic rings. The van der Waals surface area contributed by atoms with Crippen LogP contribution in [0.2, 0.25) is 0 Å². The molecule has 0 aliphatic carbocycles. The number of esters is 1. The maximum absolute atomic E-state index is 12.1. The molecule has 0 saturated carbocycles. The number of benzene rings is 1. The van der Waals surface area contributed by atoms with E-state index in [-0.39, 0.29) is 13.2 Å². The van der Waals surface area contributed by atoms with Crippen LogP contribution >= 0.6 is 0 Å². The minimum absolute atomic E-state index is 0.116. The van der Waals surface area contributed by atoms with E-state index < -0.39 is 29.6 Å². The lowest BCUT2D eigenvalue weighted by atomic mass is 10.1. The number of carbonyl (C=O) groups is 3. The van der Waals surface area contributed by atoms with Gasteiger partial charge < -0.3 is 20.1 Å². The molecule has 0 heterocycles. The summed E-state index contributed by atoms with van der Waals surface area (Å²) in [7, 11) is 0. The van der Waals surface area contributed by atoms with Crippen molar-refractivity contribution in [3.63, 3.8) is 0 Å². The van der Waals surface area contributed by atoms with Gasteiger partial charge in [-0.05, 0) is 32.8 Å². The predicted molar refractivity (Wildman–Crippen MR) is 97.3 cm³/mol. The second kappa shape index (κ2) is 10.4. The van der Waals surface area contributed by atoms with Crippen LogP contribution in [-0.2, 0) is 25.7 Å². The number of nitrogens with one attached hydrogen (secondary N) is 2. The zero-order valence-electron chi connectivity index (χ0n) is 15.8. The topological polar surface area (TPSA) is 93.7 Å². The minimum atomic E-state index is -0.742. The van der Waals surface area contributed by atoms with Crippen LogP contribution in [0.25, 0.3) is 0 Å². The highest BCUT2D eigenvalue weighted by Gasteiger charge is 2.26. The number of hydrogen-bond donors (Lipinski definition) is 2. The number of hydrogen-bond acceptors (Lipinski definition) is 5. The maximum Gasteiger partial charge on any atom is 0.407 e. The van der Waals surface area contributed by atoms with Crippen molar-refractivity contribution >= 4 is 18.0 Å². The SMILES string of the molecule is CCCC(NC(=O)CNC(=O)OCc1ccccc1)C(=O)OC(C)(C)C. The van der Waals surface area contributed by atoms with Crippen molar-refractivity contribution in [3.05, 3.63) is 35.9 Å². The summed E-state index contributed by atoms with van der Waals surface area (Å²) in [6.07, 6.45) is 0.462. The third kappa shape index (κ3) is 9.05. The van der Waals surface area contributed by atoms with E-state index in [0.29, 0.717) is 12.8 Å². The minimum Gasteiger partial charge on any atom is -0.458 e. The van der Waals surface area contributed by atoms with Crippen LogP contribution in [-0.4, -0.2) is 36.2 Å². The first kappa shape index (κ1) is 21.5. The van der Waals surface area contributed by atoms with Crippen LogP contribution in [0.3, 0.4) is 0 Å². The molecule has 7 heteroatoms. The summed E-state index contributed by atoms with van der Waals surface area (Å²) in [6.45, 7) is 7.03. The monoisotopic (exact) mass is 364 g/mol. The Morgan fingerprint density at radius 2 is 1.77 bits per heavy atom. The first-order valence-electron chi connectivity index (χ1n) is 8.68. The Labute approximate surface area is 154 Å². The quantitative estimate of drug-likeness (QED) is 0.692. The molecular formula is C19H28N2O5. The fourth-order valence-electron chi connectivity index (χ4n) is 2.08. The first-order chi connectivity index (χ1) is 12.2. The van der Waals surface area contributed by atoms with Crippen LogP contribution < -0.4 is 10.6 Å². The van der Waals surface area contributed by atoms with Crippen LogP contribution in [0.4, 0.5) is 4.79 Å². The van der Waals surface area contributed by atoms with Gasteiger partial charge in [-0.15, -0.1) is 0 Å². The van der Waals surface area contributed by atoms with Crippen molar-refractivity contribution in [2.45, 2.75) is 58.8 Å². The highest BCUT2D eigenvalue weighted by atomic mass is 16.6. The van der Waals surface area contributed by atoms with Crippen LogP contribution in [0.1, 0.15) is 46.1 Å². The van der Waals surface area contributed by atoms with Gasteiger partial charge in [0.15, 0.2) is 0 Å². The van der Waals surface area contributed by atoms with Gasteiger partial charge in [-0.3, -0.25) is 4.79 Å². The number of amides is 2. The summed E-state index contributed by atoms with van der Waals surface area (Å²) >= 11 is 0. The van der Waals surface area contributed by atoms with Crippen molar-refractivity contribution in [1.82, 2.24) is 10.6 Å². The predicted octanol–water partition coefficient (Wildman–Crippen LogP) is 2.54. The second-order valence-electron chi connectivity index (χ2n) is 6.86. The van der Waals surface area contributed by atoms with Crippen LogP contribution in [0.15, 0.2) is 30.3 Å². The summed E-state index contributed by atoms with van der Waals surface area (Å²) < 4.78 is 10.3. The summed E-state index contributed by atoms with van der Waals surface area (Å²) in [5, 5.41) is 4.95. The molecule has 1 atom stereocenters. The van der Waals surface area contributed by atoms with Crippen LogP contribution in [0, 0.1) is 0 Å². The van der Waals surface area contributed by atoms with E-state index in [2.05, 4.69) is 10.6 Å². The lowest BCUT2D eigenvalue weighted by Crippen LogP contribution is -2.47. The normalized spacial score (nSPS) is 12.0. The Hall–Kier alpha value is -2.57. The van der Waals surface area contributed by atoms with E-state index in [1.807, 2.05) is 37.3 Å². The van der Waals surface area contributed by atoms with Crippen molar-refractivity contribution in [1.29, 1.82) is 0 Å². The van der Waals surface area contributed by atoms with Gasteiger partial charge in [0.1, 0.15) is 24.8 Å². The average Bonchev–Trinajstić information content (AvgIpc) is 2.57. The van der Waals surface area contributed by atoms with Gasteiger partial charge in [-0.1, -0.05) is 43.7 Å². The summed E-state index contributed by atoms with van der Waals surface area (Å²) in [5.74, 6) is -0.967. The molecular weight excluding hydrogens is 336 g/mol.